The first-order valence-electron chi connectivity index (χ1n) is 8.62. The standard InChI is InChI=1S/C21H13Cl3N2O3S/c22-15-8-6-14(7-9-15)21-20(24)16-10-19(17(23)11-18(16)29-21)30(27,28)26-25-12-13-4-2-1-3-5-13/h1-12,26H/b25-12-. The first-order chi connectivity index (χ1) is 14.3. The van der Waals surface area contributed by atoms with Crippen molar-refractivity contribution in [3.63, 3.8) is 0 Å². The fourth-order valence-electron chi connectivity index (χ4n) is 2.82. The van der Waals surface area contributed by atoms with Gasteiger partial charge in [0.25, 0.3) is 10.0 Å². The quantitative estimate of drug-likeness (QED) is 0.267. The van der Waals surface area contributed by atoms with Crippen molar-refractivity contribution in [3.05, 3.63) is 87.4 Å². The van der Waals surface area contributed by atoms with Gasteiger partial charge in [-0.3, -0.25) is 0 Å². The molecule has 0 fully saturated rings. The summed E-state index contributed by atoms with van der Waals surface area (Å²) in [5, 5.41) is 5.05. The van der Waals surface area contributed by atoms with Gasteiger partial charge in [0.2, 0.25) is 0 Å². The van der Waals surface area contributed by atoms with Crippen LogP contribution in [0, 0.1) is 0 Å². The normalized spacial score (nSPS) is 12.0. The third-order valence-corrected chi connectivity index (χ3v) is 6.58. The maximum absolute atomic E-state index is 12.7. The molecule has 1 heterocycles. The summed E-state index contributed by atoms with van der Waals surface area (Å²) in [5.41, 5.74) is 1.81. The van der Waals surface area contributed by atoms with Gasteiger partial charge in [0.05, 0.1) is 16.3 Å². The smallest absolute Gasteiger partial charge is 0.278 e. The Bertz CT molecular complexity index is 1350. The van der Waals surface area contributed by atoms with E-state index in [1.54, 1.807) is 36.4 Å². The Balaban J connectivity index is 1.70. The van der Waals surface area contributed by atoms with Crippen LogP contribution in [0.5, 0.6) is 0 Å². The third-order valence-electron chi connectivity index (χ3n) is 4.26. The van der Waals surface area contributed by atoms with E-state index in [0.29, 0.717) is 27.3 Å². The number of sulfonamides is 1. The van der Waals surface area contributed by atoms with Crippen LogP contribution in [0.1, 0.15) is 5.56 Å². The van der Waals surface area contributed by atoms with E-state index in [1.807, 2.05) is 18.2 Å². The van der Waals surface area contributed by atoms with E-state index >= 15 is 0 Å². The molecule has 0 saturated carbocycles. The topological polar surface area (TPSA) is 71.7 Å². The summed E-state index contributed by atoms with van der Waals surface area (Å²) in [4.78, 5) is 2.00. The molecular formula is C21H13Cl3N2O3S. The second-order valence-electron chi connectivity index (χ2n) is 6.29. The first-order valence-corrected chi connectivity index (χ1v) is 11.2. The van der Waals surface area contributed by atoms with Crippen LogP contribution >= 0.6 is 34.8 Å². The highest BCUT2D eigenvalue weighted by molar-refractivity contribution is 7.89. The van der Waals surface area contributed by atoms with Crippen LogP contribution in [-0.2, 0) is 10.0 Å². The number of nitrogens with one attached hydrogen (secondary N) is 1. The maximum Gasteiger partial charge on any atom is 0.278 e. The minimum Gasteiger partial charge on any atom is -0.454 e. The molecule has 0 aliphatic rings. The number of rotatable bonds is 5. The van der Waals surface area contributed by atoms with E-state index in [2.05, 4.69) is 9.93 Å². The fraction of sp³-hybridized carbons (Fsp3) is 0. The molecule has 4 rings (SSSR count). The first kappa shape index (κ1) is 20.8. The van der Waals surface area contributed by atoms with Crippen molar-refractivity contribution in [1.82, 2.24) is 4.83 Å². The van der Waals surface area contributed by atoms with Crippen molar-refractivity contribution < 1.29 is 12.8 Å². The summed E-state index contributed by atoms with van der Waals surface area (Å²) >= 11 is 18.6. The number of furan rings is 1. The van der Waals surface area contributed by atoms with Gasteiger partial charge in [-0.1, -0.05) is 65.1 Å². The number of hydrogen-bond acceptors (Lipinski definition) is 4. The van der Waals surface area contributed by atoms with Crippen molar-refractivity contribution in [2.75, 3.05) is 0 Å². The molecule has 0 spiro atoms. The summed E-state index contributed by atoms with van der Waals surface area (Å²) in [5.74, 6) is 0.393. The molecule has 0 atom stereocenters. The minimum absolute atomic E-state index is 0.0158. The molecule has 5 nitrogen and oxygen atoms in total. The number of fused-ring (bicyclic) bond motifs is 1. The van der Waals surface area contributed by atoms with E-state index in [-0.39, 0.29) is 14.9 Å². The Morgan fingerprint density at radius 1 is 0.933 bits per heavy atom. The molecule has 0 amide bonds. The predicted molar refractivity (Wildman–Crippen MR) is 121 cm³/mol. The van der Waals surface area contributed by atoms with Crippen LogP contribution in [0.15, 0.2) is 81.1 Å². The largest absolute Gasteiger partial charge is 0.454 e. The molecule has 0 saturated heterocycles. The molecule has 1 N–H and O–H groups in total. The van der Waals surface area contributed by atoms with Gasteiger partial charge in [-0.05, 0) is 35.9 Å². The van der Waals surface area contributed by atoms with Gasteiger partial charge in [0, 0.05) is 22.0 Å². The zero-order valence-electron chi connectivity index (χ0n) is 15.1. The molecule has 4 aromatic rings. The predicted octanol–water partition coefficient (Wildman–Crippen LogP) is 6.37. The lowest BCUT2D eigenvalue weighted by atomic mass is 10.1. The van der Waals surface area contributed by atoms with E-state index in [0.717, 1.165) is 5.56 Å². The number of hydrogen-bond donors (Lipinski definition) is 1. The molecule has 0 aliphatic carbocycles. The number of benzene rings is 3. The van der Waals surface area contributed by atoms with E-state index in [4.69, 9.17) is 39.2 Å². The lowest BCUT2D eigenvalue weighted by Crippen LogP contribution is -2.18. The molecule has 0 radical (unpaired) electrons. The van der Waals surface area contributed by atoms with Gasteiger partial charge in [0.1, 0.15) is 10.5 Å². The minimum atomic E-state index is -4.03. The highest BCUT2D eigenvalue weighted by atomic mass is 35.5. The molecule has 3 aromatic carbocycles. The fourth-order valence-corrected chi connectivity index (χ4v) is 4.58. The summed E-state index contributed by atoms with van der Waals surface area (Å²) in [7, 11) is -4.03. The second-order valence-corrected chi connectivity index (χ2v) is 9.15. The van der Waals surface area contributed by atoms with Crippen LogP contribution in [0.2, 0.25) is 15.1 Å². The van der Waals surface area contributed by atoms with Crippen molar-refractivity contribution in [2.24, 2.45) is 5.10 Å². The lowest BCUT2D eigenvalue weighted by molar-refractivity contribution is 0.585. The Kier molecular flexibility index (Phi) is 5.75. The van der Waals surface area contributed by atoms with E-state index in [1.165, 1.54) is 18.3 Å². The SMILES string of the molecule is O=S(=O)(N/N=C\c1ccccc1)c1cc2c(Cl)c(-c3ccc(Cl)cc3)oc2cc1Cl. The van der Waals surface area contributed by atoms with Crippen LogP contribution in [0.3, 0.4) is 0 Å². The van der Waals surface area contributed by atoms with Crippen molar-refractivity contribution in [1.29, 1.82) is 0 Å². The Labute approximate surface area is 187 Å². The number of halogens is 3. The Morgan fingerprint density at radius 3 is 2.33 bits per heavy atom. The maximum atomic E-state index is 12.7. The van der Waals surface area contributed by atoms with Gasteiger partial charge >= 0.3 is 0 Å². The van der Waals surface area contributed by atoms with Crippen molar-refractivity contribution >= 4 is 62.0 Å². The average Bonchev–Trinajstić information content (AvgIpc) is 3.04. The highest BCUT2D eigenvalue weighted by Gasteiger charge is 2.22. The molecule has 0 bridgehead atoms. The van der Waals surface area contributed by atoms with Crippen molar-refractivity contribution in [2.45, 2.75) is 4.90 Å². The summed E-state index contributed by atoms with van der Waals surface area (Å²) < 4.78 is 31.2. The Hall–Kier alpha value is -2.51. The van der Waals surface area contributed by atoms with Crippen LogP contribution in [0.4, 0.5) is 0 Å². The molecule has 9 heteroatoms. The second kappa shape index (κ2) is 8.32. The molecule has 0 aliphatic heterocycles. The highest BCUT2D eigenvalue weighted by Crippen LogP contribution is 2.40. The number of nitrogens with zero attached hydrogens (tertiary/aromatic N) is 1. The zero-order valence-corrected chi connectivity index (χ0v) is 18.2. The van der Waals surface area contributed by atoms with Gasteiger partial charge < -0.3 is 4.42 Å². The molecular weight excluding hydrogens is 467 g/mol. The van der Waals surface area contributed by atoms with Gasteiger partial charge in [-0.25, -0.2) is 4.83 Å². The molecule has 1 aromatic heterocycles. The zero-order chi connectivity index (χ0) is 21.3. The molecule has 152 valence electrons. The van der Waals surface area contributed by atoms with Crippen molar-refractivity contribution in [3.8, 4) is 11.3 Å². The summed E-state index contributed by atoms with van der Waals surface area (Å²) in [6.45, 7) is 0. The molecule has 0 unspecified atom stereocenters. The van der Waals surface area contributed by atoms with E-state index < -0.39 is 10.0 Å². The van der Waals surface area contributed by atoms with Gasteiger partial charge in [0.15, 0.2) is 5.76 Å². The summed E-state index contributed by atoms with van der Waals surface area (Å²) in [6.07, 6.45) is 1.40. The van der Waals surface area contributed by atoms with Gasteiger partial charge in [-0.15, -0.1) is 0 Å². The van der Waals surface area contributed by atoms with Gasteiger partial charge in [-0.2, -0.15) is 13.5 Å². The van der Waals surface area contributed by atoms with Crippen LogP contribution in [0.25, 0.3) is 22.3 Å². The third kappa shape index (κ3) is 4.18. The molecule has 30 heavy (non-hydrogen) atoms. The monoisotopic (exact) mass is 478 g/mol. The van der Waals surface area contributed by atoms with E-state index in [9.17, 15) is 8.42 Å². The number of hydrazone groups is 1. The lowest BCUT2D eigenvalue weighted by Gasteiger charge is -2.05. The average molecular weight is 480 g/mol. The van der Waals surface area contributed by atoms with Crippen LogP contribution in [-0.4, -0.2) is 14.6 Å². The summed E-state index contributed by atoms with van der Waals surface area (Å²) in [6, 6.07) is 18.8. The Morgan fingerprint density at radius 2 is 1.63 bits per heavy atom. The van der Waals surface area contributed by atoms with Crippen LogP contribution < -0.4 is 4.83 Å².